The molecular weight excluding hydrogens is 266 g/mol. The van der Waals surface area contributed by atoms with Crippen molar-refractivity contribution in [3.63, 3.8) is 0 Å². The molecule has 0 aromatic heterocycles. The number of anilines is 2. The van der Waals surface area contributed by atoms with E-state index in [9.17, 15) is 9.90 Å². The minimum Gasteiger partial charge on any atom is -0.478 e. The standard InChI is InChI=1S/C16H25N3O2/c1-4-19-7-5-12(6-8-19)18(3)13-9-11(2)15(17)14(10-13)16(20)21/h9-10,12H,4-8,17H2,1-3H3,(H,20,21). The fourth-order valence-electron chi connectivity index (χ4n) is 2.99. The van der Waals surface area contributed by atoms with Crippen LogP contribution in [0, 0.1) is 6.92 Å². The number of aryl methyl sites for hydroxylation is 1. The van der Waals surface area contributed by atoms with E-state index in [-0.39, 0.29) is 5.56 Å². The molecule has 0 aliphatic carbocycles. The van der Waals surface area contributed by atoms with Crippen LogP contribution in [0.25, 0.3) is 0 Å². The third-order valence-corrected chi connectivity index (χ3v) is 4.56. The molecule has 1 heterocycles. The summed E-state index contributed by atoms with van der Waals surface area (Å²) in [7, 11) is 2.04. The van der Waals surface area contributed by atoms with Gasteiger partial charge < -0.3 is 20.6 Å². The van der Waals surface area contributed by atoms with E-state index in [2.05, 4.69) is 16.7 Å². The van der Waals surface area contributed by atoms with Gasteiger partial charge in [0, 0.05) is 37.6 Å². The first-order valence-corrected chi connectivity index (χ1v) is 7.52. The normalized spacial score (nSPS) is 16.9. The quantitative estimate of drug-likeness (QED) is 0.832. The Hall–Kier alpha value is -1.75. The number of likely N-dealkylation sites (tertiary alicyclic amines) is 1. The van der Waals surface area contributed by atoms with Gasteiger partial charge in [-0.05, 0) is 44.0 Å². The molecule has 0 saturated carbocycles. The minimum absolute atomic E-state index is 0.197. The zero-order chi connectivity index (χ0) is 15.6. The lowest BCUT2D eigenvalue weighted by atomic mass is 10.0. The molecule has 0 unspecified atom stereocenters. The molecule has 1 aliphatic heterocycles. The van der Waals surface area contributed by atoms with E-state index < -0.39 is 5.97 Å². The van der Waals surface area contributed by atoms with Crippen LogP contribution in [0.4, 0.5) is 11.4 Å². The molecule has 1 saturated heterocycles. The largest absolute Gasteiger partial charge is 0.478 e. The first-order valence-electron chi connectivity index (χ1n) is 7.52. The van der Waals surface area contributed by atoms with Crippen molar-refractivity contribution in [2.45, 2.75) is 32.7 Å². The van der Waals surface area contributed by atoms with Gasteiger partial charge in [-0.25, -0.2) is 4.79 Å². The summed E-state index contributed by atoms with van der Waals surface area (Å²) in [5, 5.41) is 9.27. The third-order valence-electron chi connectivity index (χ3n) is 4.56. The fourth-order valence-corrected chi connectivity index (χ4v) is 2.99. The molecule has 5 nitrogen and oxygen atoms in total. The molecule has 2 rings (SSSR count). The van der Waals surface area contributed by atoms with Gasteiger partial charge in [0.1, 0.15) is 0 Å². The van der Waals surface area contributed by atoms with Crippen LogP contribution in [0.3, 0.4) is 0 Å². The van der Waals surface area contributed by atoms with Gasteiger partial charge in [-0.3, -0.25) is 0 Å². The summed E-state index contributed by atoms with van der Waals surface area (Å²) in [6, 6.07) is 4.13. The lowest BCUT2D eigenvalue weighted by Crippen LogP contribution is -2.43. The van der Waals surface area contributed by atoms with Gasteiger partial charge in [0.2, 0.25) is 0 Å². The summed E-state index contributed by atoms with van der Waals surface area (Å²) in [5.74, 6) is -0.966. The van der Waals surface area contributed by atoms with Crippen LogP contribution in [-0.4, -0.2) is 48.7 Å². The Bertz CT molecular complexity index is 522. The van der Waals surface area contributed by atoms with Gasteiger partial charge in [-0.15, -0.1) is 0 Å². The highest BCUT2D eigenvalue weighted by Crippen LogP contribution is 2.28. The monoisotopic (exact) mass is 291 g/mol. The number of nitrogens with two attached hydrogens (primary N) is 1. The van der Waals surface area contributed by atoms with Gasteiger partial charge in [0.15, 0.2) is 0 Å². The zero-order valence-corrected chi connectivity index (χ0v) is 13.1. The smallest absolute Gasteiger partial charge is 0.337 e. The number of benzene rings is 1. The summed E-state index contributed by atoms with van der Waals surface area (Å²) >= 11 is 0. The minimum atomic E-state index is -0.966. The van der Waals surface area contributed by atoms with Gasteiger partial charge in [0.05, 0.1) is 5.56 Å². The second-order valence-electron chi connectivity index (χ2n) is 5.81. The van der Waals surface area contributed by atoms with Crippen LogP contribution in [0.1, 0.15) is 35.7 Å². The van der Waals surface area contributed by atoms with Crippen LogP contribution in [0.2, 0.25) is 0 Å². The molecular formula is C16H25N3O2. The second-order valence-corrected chi connectivity index (χ2v) is 5.81. The van der Waals surface area contributed by atoms with Crippen molar-refractivity contribution in [3.8, 4) is 0 Å². The molecule has 21 heavy (non-hydrogen) atoms. The van der Waals surface area contributed by atoms with Gasteiger partial charge in [-0.1, -0.05) is 6.92 Å². The first-order chi connectivity index (χ1) is 9.93. The zero-order valence-electron chi connectivity index (χ0n) is 13.1. The Morgan fingerprint density at radius 3 is 2.57 bits per heavy atom. The summed E-state index contributed by atoms with van der Waals surface area (Å²) < 4.78 is 0. The molecule has 0 atom stereocenters. The number of carboxylic acids is 1. The molecule has 1 fully saturated rings. The highest BCUT2D eigenvalue weighted by molar-refractivity contribution is 5.95. The van der Waals surface area contributed by atoms with E-state index in [1.54, 1.807) is 6.07 Å². The first kappa shape index (κ1) is 15.6. The van der Waals surface area contributed by atoms with Crippen LogP contribution < -0.4 is 10.6 Å². The Balaban J connectivity index is 2.20. The fraction of sp³-hybridized carbons (Fsp3) is 0.562. The average molecular weight is 291 g/mol. The number of piperidine rings is 1. The summed E-state index contributed by atoms with van der Waals surface area (Å²) in [6.07, 6.45) is 2.21. The molecule has 0 bridgehead atoms. The van der Waals surface area contributed by atoms with Crippen molar-refractivity contribution < 1.29 is 9.90 Å². The maximum Gasteiger partial charge on any atom is 0.337 e. The Morgan fingerprint density at radius 1 is 1.43 bits per heavy atom. The predicted octanol–water partition coefficient (Wildman–Crippen LogP) is 2.20. The van der Waals surface area contributed by atoms with E-state index in [1.165, 1.54) is 0 Å². The van der Waals surface area contributed by atoms with Crippen molar-refractivity contribution in [2.24, 2.45) is 0 Å². The second kappa shape index (κ2) is 6.35. The van der Waals surface area contributed by atoms with Gasteiger partial charge >= 0.3 is 5.97 Å². The molecule has 3 N–H and O–H groups in total. The van der Waals surface area contributed by atoms with Crippen molar-refractivity contribution >= 4 is 17.3 Å². The SMILES string of the molecule is CCN1CCC(N(C)c2cc(C)c(N)c(C(=O)O)c2)CC1. The molecule has 5 heteroatoms. The van der Waals surface area contributed by atoms with E-state index in [4.69, 9.17) is 5.73 Å². The maximum absolute atomic E-state index is 11.3. The number of carboxylic acid groups (broad SMARTS) is 1. The number of carbonyl (C=O) groups is 1. The number of aromatic carboxylic acids is 1. The lowest BCUT2D eigenvalue weighted by molar-refractivity contribution is 0.0698. The summed E-state index contributed by atoms with van der Waals surface area (Å²) in [4.78, 5) is 15.9. The molecule has 1 aliphatic rings. The molecule has 1 aromatic rings. The van der Waals surface area contributed by atoms with Gasteiger partial charge in [0.25, 0.3) is 0 Å². The molecule has 0 amide bonds. The van der Waals surface area contributed by atoms with E-state index in [1.807, 2.05) is 20.0 Å². The van der Waals surface area contributed by atoms with Crippen LogP contribution in [-0.2, 0) is 0 Å². The highest BCUT2D eigenvalue weighted by atomic mass is 16.4. The number of hydrogen-bond acceptors (Lipinski definition) is 4. The van der Waals surface area contributed by atoms with Crippen molar-refractivity contribution in [1.82, 2.24) is 4.90 Å². The van der Waals surface area contributed by atoms with Crippen LogP contribution in [0.15, 0.2) is 12.1 Å². The number of nitrogen functional groups attached to an aromatic ring is 1. The lowest BCUT2D eigenvalue weighted by Gasteiger charge is -2.37. The summed E-state index contributed by atoms with van der Waals surface area (Å²) in [6.45, 7) is 7.35. The molecule has 116 valence electrons. The molecule has 0 radical (unpaired) electrons. The summed E-state index contributed by atoms with van der Waals surface area (Å²) in [5.41, 5.74) is 8.18. The molecule has 0 spiro atoms. The number of nitrogens with zero attached hydrogens (tertiary/aromatic N) is 2. The Kier molecular flexibility index (Phi) is 4.73. The van der Waals surface area contributed by atoms with Gasteiger partial charge in [-0.2, -0.15) is 0 Å². The average Bonchev–Trinajstić information content (AvgIpc) is 2.49. The maximum atomic E-state index is 11.3. The van der Waals surface area contributed by atoms with Crippen LogP contribution in [0.5, 0.6) is 0 Å². The van der Waals surface area contributed by atoms with E-state index in [0.29, 0.717) is 11.7 Å². The number of rotatable bonds is 4. The third kappa shape index (κ3) is 3.29. The van der Waals surface area contributed by atoms with Crippen molar-refractivity contribution in [1.29, 1.82) is 0 Å². The highest BCUT2D eigenvalue weighted by Gasteiger charge is 2.23. The Morgan fingerprint density at radius 2 is 2.05 bits per heavy atom. The van der Waals surface area contributed by atoms with Crippen LogP contribution >= 0.6 is 0 Å². The van der Waals surface area contributed by atoms with Crippen molar-refractivity contribution in [3.05, 3.63) is 23.3 Å². The van der Waals surface area contributed by atoms with E-state index in [0.717, 1.165) is 43.7 Å². The van der Waals surface area contributed by atoms with Crippen molar-refractivity contribution in [2.75, 3.05) is 37.3 Å². The topological polar surface area (TPSA) is 69.8 Å². The Labute approximate surface area is 126 Å². The predicted molar refractivity (Wildman–Crippen MR) is 86.1 cm³/mol. The number of hydrogen-bond donors (Lipinski definition) is 2. The van der Waals surface area contributed by atoms with E-state index >= 15 is 0 Å². The molecule has 1 aromatic carbocycles.